The van der Waals surface area contributed by atoms with Gasteiger partial charge < -0.3 is 9.32 Å². The summed E-state index contributed by atoms with van der Waals surface area (Å²) in [7, 11) is 4.01. The number of aromatic nitrogens is 1. The zero-order valence-electron chi connectivity index (χ0n) is 12.2. The average molecular weight is 315 g/mol. The average Bonchev–Trinajstić information content (AvgIpc) is 2.89. The number of hydrogen-bond acceptors (Lipinski definition) is 5. The van der Waals surface area contributed by atoms with E-state index in [2.05, 4.69) is 15.5 Å². The predicted octanol–water partition coefficient (Wildman–Crippen LogP) is 3.99. The molecule has 0 aliphatic carbocycles. The van der Waals surface area contributed by atoms with Gasteiger partial charge in [0.25, 0.3) is 0 Å². The Bertz CT molecular complexity index is 809. The molecule has 0 atom stereocenters. The highest BCUT2D eigenvalue weighted by Gasteiger charge is 2.04. The van der Waals surface area contributed by atoms with Crippen LogP contribution < -0.4 is 10.3 Å². The van der Waals surface area contributed by atoms with Gasteiger partial charge in [0, 0.05) is 30.9 Å². The van der Waals surface area contributed by atoms with Crippen molar-refractivity contribution in [1.29, 1.82) is 0 Å². The third kappa shape index (κ3) is 3.20. The fourth-order valence-corrected chi connectivity index (χ4v) is 2.13. The highest BCUT2D eigenvalue weighted by Crippen LogP contribution is 2.22. The highest BCUT2D eigenvalue weighted by molar-refractivity contribution is 6.31. The molecule has 0 unspecified atom stereocenters. The zero-order valence-corrected chi connectivity index (χ0v) is 13.0. The summed E-state index contributed by atoms with van der Waals surface area (Å²) in [5.41, 5.74) is 6.26. The maximum absolute atomic E-state index is 5.91. The monoisotopic (exact) mass is 314 g/mol. The standard InChI is InChI=1S/C16H15ClN4O/c1-21(2)13-6-3-11(4-7-13)10-18-20-16-19-14-8-5-12(17)9-15(14)22-16/h3-10H,1-2H3,(H,19,20). The van der Waals surface area contributed by atoms with Crippen LogP contribution in [0, 0.1) is 0 Å². The molecule has 0 aliphatic rings. The number of oxazole rings is 1. The van der Waals surface area contributed by atoms with Crippen molar-refractivity contribution < 1.29 is 4.42 Å². The summed E-state index contributed by atoms with van der Waals surface area (Å²) in [5.74, 6) is 0. The van der Waals surface area contributed by atoms with Crippen LogP contribution in [0.25, 0.3) is 11.1 Å². The number of anilines is 2. The quantitative estimate of drug-likeness (QED) is 0.584. The molecule has 0 spiro atoms. The molecule has 0 aliphatic heterocycles. The van der Waals surface area contributed by atoms with Crippen molar-refractivity contribution in [2.75, 3.05) is 24.4 Å². The van der Waals surface area contributed by atoms with Gasteiger partial charge in [0.1, 0.15) is 5.52 Å². The van der Waals surface area contributed by atoms with E-state index in [4.69, 9.17) is 16.0 Å². The van der Waals surface area contributed by atoms with Gasteiger partial charge in [0.2, 0.25) is 0 Å². The third-order valence-corrected chi connectivity index (χ3v) is 3.37. The summed E-state index contributed by atoms with van der Waals surface area (Å²) in [4.78, 5) is 6.31. The minimum absolute atomic E-state index is 0.332. The lowest BCUT2D eigenvalue weighted by atomic mass is 10.2. The van der Waals surface area contributed by atoms with Crippen LogP contribution in [0.3, 0.4) is 0 Å². The van der Waals surface area contributed by atoms with Crippen molar-refractivity contribution in [3.05, 3.63) is 53.1 Å². The van der Waals surface area contributed by atoms with E-state index >= 15 is 0 Å². The second-order valence-electron chi connectivity index (χ2n) is 4.99. The first-order valence-corrected chi connectivity index (χ1v) is 7.12. The van der Waals surface area contributed by atoms with Crippen molar-refractivity contribution in [2.24, 2.45) is 5.10 Å². The van der Waals surface area contributed by atoms with E-state index in [0.29, 0.717) is 16.6 Å². The molecule has 6 heteroatoms. The Morgan fingerprint density at radius 1 is 1.18 bits per heavy atom. The van der Waals surface area contributed by atoms with Crippen LogP contribution in [0.2, 0.25) is 5.02 Å². The number of benzene rings is 2. The summed E-state index contributed by atoms with van der Waals surface area (Å²) >= 11 is 5.91. The van der Waals surface area contributed by atoms with Gasteiger partial charge in [-0.15, -0.1) is 0 Å². The lowest BCUT2D eigenvalue weighted by molar-refractivity contribution is 0.617. The molecule has 0 saturated heterocycles. The molecular formula is C16H15ClN4O. The zero-order chi connectivity index (χ0) is 15.5. The number of rotatable bonds is 4. The molecule has 22 heavy (non-hydrogen) atoms. The van der Waals surface area contributed by atoms with E-state index in [0.717, 1.165) is 16.8 Å². The minimum atomic E-state index is 0.332. The van der Waals surface area contributed by atoms with Gasteiger partial charge in [0.05, 0.1) is 6.21 Å². The van der Waals surface area contributed by atoms with Crippen LogP contribution in [0.1, 0.15) is 5.56 Å². The first-order chi connectivity index (χ1) is 10.6. The first-order valence-electron chi connectivity index (χ1n) is 6.74. The largest absolute Gasteiger partial charge is 0.422 e. The first kappa shape index (κ1) is 14.4. The van der Waals surface area contributed by atoms with Crippen LogP contribution in [0.15, 0.2) is 52.0 Å². The molecule has 0 saturated carbocycles. The van der Waals surface area contributed by atoms with Gasteiger partial charge in [0.15, 0.2) is 5.58 Å². The van der Waals surface area contributed by atoms with Crippen LogP contribution in [0.5, 0.6) is 0 Å². The fourth-order valence-electron chi connectivity index (χ4n) is 1.97. The lowest BCUT2D eigenvalue weighted by Gasteiger charge is -2.11. The van der Waals surface area contributed by atoms with Crippen molar-refractivity contribution in [1.82, 2.24) is 4.98 Å². The smallest absolute Gasteiger partial charge is 0.316 e. The van der Waals surface area contributed by atoms with Gasteiger partial charge in [-0.3, -0.25) is 0 Å². The molecule has 2 aromatic carbocycles. The van der Waals surface area contributed by atoms with Crippen LogP contribution in [0.4, 0.5) is 11.7 Å². The number of hydrazone groups is 1. The van der Waals surface area contributed by atoms with Crippen LogP contribution in [-0.2, 0) is 0 Å². The Morgan fingerprint density at radius 2 is 1.95 bits per heavy atom. The van der Waals surface area contributed by atoms with E-state index in [-0.39, 0.29) is 0 Å². The van der Waals surface area contributed by atoms with Crippen molar-refractivity contribution in [3.63, 3.8) is 0 Å². The third-order valence-electron chi connectivity index (χ3n) is 3.13. The molecule has 3 aromatic rings. The molecule has 1 aromatic heterocycles. The van der Waals surface area contributed by atoms with Gasteiger partial charge >= 0.3 is 6.01 Å². The molecule has 0 bridgehead atoms. The fraction of sp³-hybridized carbons (Fsp3) is 0.125. The Hall–Kier alpha value is -2.53. The van der Waals surface area contributed by atoms with Gasteiger partial charge in [-0.05, 0) is 29.8 Å². The summed E-state index contributed by atoms with van der Waals surface area (Å²) in [6.45, 7) is 0. The Morgan fingerprint density at radius 3 is 2.68 bits per heavy atom. The molecule has 1 N–H and O–H groups in total. The normalized spacial score (nSPS) is 11.2. The topological polar surface area (TPSA) is 53.7 Å². The Labute approximate surface area is 133 Å². The van der Waals surface area contributed by atoms with E-state index in [9.17, 15) is 0 Å². The number of hydrogen-bond donors (Lipinski definition) is 1. The minimum Gasteiger partial charge on any atom is -0.422 e. The maximum atomic E-state index is 5.91. The van der Waals surface area contributed by atoms with Crippen LogP contribution >= 0.6 is 11.6 Å². The van der Waals surface area contributed by atoms with E-state index in [1.807, 2.05) is 43.3 Å². The molecule has 0 fully saturated rings. The molecule has 0 radical (unpaired) electrons. The second-order valence-corrected chi connectivity index (χ2v) is 5.42. The van der Waals surface area contributed by atoms with Crippen molar-refractivity contribution >= 4 is 40.6 Å². The van der Waals surface area contributed by atoms with Crippen molar-refractivity contribution in [3.8, 4) is 0 Å². The number of halogens is 1. The lowest BCUT2D eigenvalue weighted by Crippen LogP contribution is -2.08. The summed E-state index contributed by atoms with van der Waals surface area (Å²) in [6.07, 6.45) is 1.71. The molecule has 3 rings (SSSR count). The number of nitrogens with one attached hydrogen (secondary N) is 1. The molecule has 5 nitrogen and oxygen atoms in total. The SMILES string of the molecule is CN(C)c1ccc(C=NNc2nc3ccc(Cl)cc3o2)cc1. The summed E-state index contributed by atoms with van der Waals surface area (Å²) < 4.78 is 5.51. The van der Waals surface area contributed by atoms with Gasteiger partial charge in [-0.25, -0.2) is 5.43 Å². The molecule has 1 heterocycles. The van der Waals surface area contributed by atoms with Crippen molar-refractivity contribution in [2.45, 2.75) is 0 Å². The number of nitrogens with zero attached hydrogens (tertiary/aromatic N) is 3. The summed E-state index contributed by atoms with van der Waals surface area (Å²) in [6, 6.07) is 13.7. The molecule has 0 amide bonds. The van der Waals surface area contributed by atoms with E-state index in [1.165, 1.54) is 0 Å². The Balaban J connectivity index is 1.70. The maximum Gasteiger partial charge on any atom is 0.316 e. The molecular weight excluding hydrogens is 300 g/mol. The summed E-state index contributed by atoms with van der Waals surface area (Å²) in [5, 5.41) is 4.74. The van der Waals surface area contributed by atoms with Gasteiger partial charge in [-0.1, -0.05) is 23.7 Å². The number of fused-ring (bicyclic) bond motifs is 1. The predicted molar refractivity (Wildman–Crippen MR) is 91.0 cm³/mol. The van der Waals surface area contributed by atoms with E-state index < -0.39 is 0 Å². The highest BCUT2D eigenvalue weighted by atomic mass is 35.5. The Kier molecular flexibility index (Phi) is 3.98. The van der Waals surface area contributed by atoms with E-state index in [1.54, 1.807) is 24.4 Å². The second kappa shape index (κ2) is 6.07. The van der Waals surface area contributed by atoms with Gasteiger partial charge in [-0.2, -0.15) is 10.1 Å². The van der Waals surface area contributed by atoms with Crippen LogP contribution in [-0.4, -0.2) is 25.3 Å². The molecule has 112 valence electrons.